The zero-order chi connectivity index (χ0) is 22.3. The summed E-state index contributed by atoms with van der Waals surface area (Å²) in [6.45, 7) is 15.3. The molecule has 0 fully saturated rings. The lowest BCUT2D eigenvalue weighted by Gasteiger charge is -2.35. The summed E-state index contributed by atoms with van der Waals surface area (Å²) >= 11 is 0. The fourth-order valence-corrected chi connectivity index (χ4v) is 4.04. The Morgan fingerprint density at radius 3 is 2.07 bits per heavy atom. The Labute approximate surface area is 182 Å². The van der Waals surface area contributed by atoms with E-state index in [0.29, 0.717) is 31.3 Å². The number of hydrogen-bond acceptors (Lipinski definition) is 3. The van der Waals surface area contributed by atoms with Gasteiger partial charge in [-0.3, -0.25) is 4.79 Å². The first kappa shape index (κ1) is 24.2. The van der Waals surface area contributed by atoms with Crippen molar-refractivity contribution in [3.63, 3.8) is 0 Å². The van der Waals surface area contributed by atoms with Crippen molar-refractivity contribution in [3.8, 4) is 5.75 Å². The van der Waals surface area contributed by atoms with Crippen molar-refractivity contribution in [2.45, 2.75) is 79.4 Å². The summed E-state index contributed by atoms with van der Waals surface area (Å²) in [4.78, 5) is 13.7. The Hall–Kier alpha value is -2.07. The molecule has 1 amide bonds. The molecule has 0 atom stereocenters. The van der Waals surface area contributed by atoms with Gasteiger partial charge in [0.1, 0.15) is 11.4 Å². The van der Waals surface area contributed by atoms with Crippen LogP contribution in [0, 0.1) is 11.8 Å². The standard InChI is InChI=1S/C26H39NO3/c1-8-15-29-26(16-18(2)3,17-19(4)5)25(28)27-23-13-14-24(30-20(6)7)22-12-10-9-11-21(22)23/h9-14,18-20H,8,15-17H2,1-7H3,(H,27,28). The van der Waals surface area contributed by atoms with Crippen molar-refractivity contribution in [1.82, 2.24) is 0 Å². The number of hydrogen-bond donors (Lipinski definition) is 1. The fraction of sp³-hybridized carbons (Fsp3) is 0.577. The van der Waals surface area contributed by atoms with Crippen LogP contribution in [-0.2, 0) is 9.53 Å². The van der Waals surface area contributed by atoms with Crippen molar-refractivity contribution in [1.29, 1.82) is 0 Å². The summed E-state index contributed by atoms with van der Waals surface area (Å²) in [6.07, 6.45) is 2.36. The minimum atomic E-state index is -0.827. The molecule has 2 aromatic carbocycles. The lowest BCUT2D eigenvalue weighted by Crippen LogP contribution is -2.48. The SMILES string of the molecule is CCCOC(CC(C)C)(CC(C)C)C(=O)Nc1ccc(OC(C)C)c2ccccc12. The fourth-order valence-electron chi connectivity index (χ4n) is 4.04. The molecular weight excluding hydrogens is 374 g/mol. The summed E-state index contributed by atoms with van der Waals surface area (Å²) < 4.78 is 12.3. The highest BCUT2D eigenvalue weighted by molar-refractivity contribution is 6.06. The maximum atomic E-state index is 13.7. The first-order valence-electron chi connectivity index (χ1n) is 11.3. The third kappa shape index (κ3) is 6.21. The number of carbonyl (C=O) groups is 1. The molecule has 0 spiro atoms. The number of fused-ring (bicyclic) bond motifs is 1. The van der Waals surface area contributed by atoms with E-state index in [9.17, 15) is 4.79 Å². The van der Waals surface area contributed by atoms with Crippen molar-refractivity contribution in [3.05, 3.63) is 36.4 Å². The van der Waals surface area contributed by atoms with Crippen LogP contribution in [0.2, 0.25) is 0 Å². The van der Waals surface area contributed by atoms with Crippen molar-refractivity contribution < 1.29 is 14.3 Å². The smallest absolute Gasteiger partial charge is 0.256 e. The van der Waals surface area contributed by atoms with Crippen LogP contribution in [-0.4, -0.2) is 24.2 Å². The van der Waals surface area contributed by atoms with Crippen molar-refractivity contribution in [2.24, 2.45) is 11.8 Å². The molecule has 1 N–H and O–H groups in total. The number of rotatable bonds is 11. The van der Waals surface area contributed by atoms with Crippen LogP contribution in [0.25, 0.3) is 10.8 Å². The summed E-state index contributed by atoms with van der Waals surface area (Å²) in [5, 5.41) is 5.18. The van der Waals surface area contributed by atoms with Gasteiger partial charge in [-0.2, -0.15) is 0 Å². The molecule has 0 heterocycles. The van der Waals surface area contributed by atoms with Gasteiger partial charge in [-0.1, -0.05) is 58.9 Å². The number of nitrogens with one attached hydrogen (secondary N) is 1. The number of ether oxygens (including phenoxy) is 2. The van der Waals surface area contributed by atoms with Gasteiger partial charge < -0.3 is 14.8 Å². The van der Waals surface area contributed by atoms with E-state index in [1.54, 1.807) is 0 Å². The molecule has 4 nitrogen and oxygen atoms in total. The van der Waals surface area contributed by atoms with E-state index < -0.39 is 5.60 Å². The molecule has 2 rings (SSSR count). The lowest BCUT2D eigenvalue weighted by atomic mass is 9.83. The number of benzene rings is 2. The van der Waals surface area contributed by atoms with Crippen molar-refractivity contribution in [2.75, 3.05) is 11.9 Å². The Balaban J connectivity index is 2.44. The van der Waals surface area contributed by atoms with E-state index in [4.69, 9.17) is 9.47 Å². The Kier molecular flexibility index (Phi) is 8.72. The molecule has 0 unspecified atom stereocenters. The van der Waals surface area contributed by atoms with Crippen LogP contribution in [0.1, 0.15) is 67.7 Å². The molecular formula is C26H39NO3. The average Bonchev–Trinajstić information content (AvgIpc) is 2.66. The molecule has 0 aromatic heterocycles. The molecule has 166 valence electrons. The second kappa shape index (κ2) is 10.8. The van der Waals surface area contributed by atoms with Gasteiger partial charge in [-0.05, 0) is 57.1 Å². The maximum Gasteiger partial charge on any atom is 0.256 e. The van der Waals surface area contributed by atoms with Crippen LogP contribution >= 0.6 is 0 Å². The molecule has 0 saturated carbocycles. The lowest BCUT2D eigenvalue weighted by molar-refractivity contribution is -0.147. The molecule has 0 aliphatic carbocycles. The molecule has 0 bridgehead atoms. The molecule has 0 aliphatic heterocycles. The Bertz CT molecular complexity index is 816. The normalized spacial score (nSPS) is 12.2. The van der Waals surface area contributed by atoms with E-state index in [1.807, 2.05) is 50.2 Å². The van der Waals surface area contributed by atoms with Gasteiger partial charge >= 0.3 is 0 Å². The number of carbonyl (C=O) groups excluding carboxylic acids is 1. The molecule has 0 radical (unpaired) electrons. The average molecular weight is 414 g/mol. The van der Waals surface area contributed by atoms with Gasteiger partial charge in [0.2, 0.25) is 0 Å². The van der Waals surface area contributed by atoms with Gasteiger partial charge in [-0.15, -0.1) is 0 Å². The predicted molar refractivity (Wildman–Crippen MR) is 126 cm³/mol. The van der Waals surface area contributed by atoms with E-state index >= 15 is 0 Å². The molecule has 4 heteroatoms. The van der Waals surface area contributed by atoms with E-state index in [-0.39, 0.29) is 12.0 Å². The summed E-state index contributed by atoms with van der Waals surface area (Å²) in [5.74, 6) is 1.48. The summed E-state index contributed by atoms with van der Waals surface area (Å²) in [7, 11) is 0. The van der Waals surface area contributed by atoms with Gasteiger partial charge in [-0.25, -0.2) is 0 Å². The van der Waals surface area contributed by atoms with Gasteiger partial charge in [0.05, 0.1) is 6.10 Å². The first-order chi connectivity index (χ1) is 14.2. The highest BCUT2D eigenvalue weighted by atomic mass is 16.5. The third-order valence-electron chi connectivity index (χ3n) is 4.97. The van der Waals surface area contributed by atoms with E-state index in [0.717, 1.165) is 28.6 Å². The van der Waals surface area contributed by atoms with Crippen LogP contribution in [0.5, 0.6) is 5.75 Å². The number of amides is 1. The minimum absolute atomic E-state index is 0.0546. The maximum absolute atomic E-state index is 13.7. The minimum Gasteiger partial charge on any atom is -0.490 e. The van der Waals surface area contributed by atoms with Gasteiger partial charge in [0, 0.05) is 23.1 Å². The Morgan fingerprint density at radius 1 is 0.933 bits per heavy atom. The predicted octanol–water partition coefficient (Wildman–Crippen LogP) is 6.82. The highest BCUT2D eigenvalue weighted by Crippen LogP contribution is 2.35. The van der Waals surface area contributed by atoms with Crippen LogP contribution in [0.15, 0.2) is 36.4 Å². The van der Waals surface area contributed by atoms with Gasteiger partial charge in [0.25, 0.3) is 5.91 Å². The summed E-state index contributed by atoms with van der Waals surface area (Å²) in [5.41, 5.74) is -0.0317. The zero-order valence-electron chi connectivity index (χ0n) is 19.7. The molecule has 2 aromatic rings. The monoisotopic (exact) mass is 413 g/mol. The molecule has 30 heavy (non-hydrogen) atoms. The largest absolute Gasteiger partial charge is 0.490 e. The third-order valence-corrected chi connectivity index (χ3v) is 4.97. The van der Waals surface area contributed by atoms with E-state index in [1.165, 1.54) is 0 Å². The molecule has 0 saturated heterocycles. The highest BCUT2D eigenvalue weighted by Gasteiger charge is 2.40. The van der Waals surface area contributed by atoms with Crippen LogP contribution < -0.4 is 10.1 Å². The zero-order valence-corrected chi connectivity index (χ0v) is 19.7. The quantitative estimate of drug-likeness (QED) is 0.439. The first-order valence-corrected chi connectivity index (χ1v) is 11.3. The molecule has 0 aliphatic rings. The van der Waals surface area contributed by atoms with Crippen molar-refractivity contribution >= 4 is 22.4 Å². The second-order valence-electron chi connectivity index (χ2n) is 9.32. The Morgan fingerprint density at radius 2 is 1.53 bits per heavy atom. The van der Waals surface area contributed by atoms with Crippen LogP contribution in [0.4, 0.5) is 5.69 Å². The number of anilines is 1. The van der Waals surface area contributed by atoms with Crippen LogP contribution in [0.3, 0.4) is 0 Å². The van der Waals surface area contributed by atoms with E-state index in [2.05, 4.69) is 39.9 Å². The topological polar surface area (TPSA) is 47.6 Å². The van der Waals surface area contributed by atoms with Gasteiger partial charge in [0.15, 0.2) is 0 Å². The summed E-state index contributed by atoms with van der Waals surface area (Å²) in [6, 6.07) is 11.9. The second-order valence-corrected chi connectivity index (χ2v) is 9.32.